The molecule has 100 valence electrons. The van der Waals surface area contributed by atoms with Gasteiger partial charge in [-0.15, -0.1) is 0 Å². The number of hydrogen-bond acceptors (Lipinski definition) is 3. The lowest BCUT2D eigenvalue weighted by molar-refractivity contribution is -0.00728. The molecule has 0 radical (unpaired) electrons. The summed E-state index contributed by atoms with van der Waals surface area (Å²) in [6.07, 6.45) is 3.95. The summed E-state index contributed by atoms with van der Waals surface area (Å²) in [6, 6.07) is 7.76. The van der Waals surface area contributed by atoms with Crippen LogP contribution in [0.15, 0.2) is 24.3 Å². The van der Waals surface area contributed by atoms with Gasteiger partial charge in [0.2, 0.25) is 0 Å². The molecule has 18 heavy (non-hydrogen) atoms. The van der Waals surface area contributed by atoms with Crippen molar-refractivity contribution in [1.29, 1.82) is 0 Å². The van der Waals surface area contributed by atoms with Crippen LogP contribution in [0.2, 0.25) is 0 Å². The number of para-hydroxylation sites is 1. The summed E-state index contributed by atoms with van der Waals surface area (Å²) in [5.41, 5.74) is 0.982. The average molecular weight is 249 g/mol. The van der Waals surface area contributed by atoms with Crippen LogP contribution in [-0.4, -0.2) is 36.3 Å². The summed E-state index contributed by atoms with van der Waals surface area (Å²) in [7, 11) is 2.09. The van der Waals surface area contributed by atoms with Gasteiger partial charge in [-0.1, -0.05) is 18.2 Å². The van der Waals surface area contributed by atoms with Crippen LogP contribution >= 0.6 is 0 Å². The fourth-order valence-corrected chi connectivity index (χ4v) is 2.51. The molecule has 1 aliphatic heterocycles. The molecule has 1 aromatic carbocycles. The summed E-state index contributed by atoms with van der Waals surface area (Å²) >= 11 is 0. The molecule has 1 heterocycles. The van der Waals surface area contributed by atoms with Crippen LogP contribution in [0, 0.1) is 0 Å². The Balaban J connectivity index is 1.95. The average Bonchev–Trinajstić information content (AvgIpc) is 2.39. The van der Waals surface area contributed by atoms with Crippen LogP contribution in [0.5, 0.6) is 5.75 Å². The zero-order valence-corrected chi connectivity index (χ0v) is 11.3. The number of nitrogens with zero attached hydrogens (tertiary/aromatic N) is 1. The highest BCUT2D eigenvalue weighted by atomic mass is 16.5. The van der Waals surface area contributed by atoms with Crippen molar-refractivity contribution in [1.82, 2.24) is 4.90 Å². The van der Waals surface area contributed by atoms with E-state index in [4.69, 9.17) is 4.74 Å². The molecule has 0 spiro atoms. The van der Waals surface area contributed by atoms with E-state index in [1.165, 1.54) is 12.8 Å². The van der Waals surface area contributed by atoms with E-state index in [1.807, 2.05) is 18.2 Å². The van der Waals surface area contributed by atoms with E-state index in [1.54, 1.807) is 6.07 Å². The summed E-state index contributed by atoms with van der Waals surface area (Å²) < 4.78 is 5.76. The summed E-state index contributed by atoms with van der Waals surface area (Å²) in [5, 5.41) is 9.88. The second kappa shape index (κ2) is 6.21. The van der Waals surface area contributed by atoms with Gasteiger partial charge in [0.25, 0.3) is 0 Å². The first-order valence-corrected chi connectivity index (χ1v) is 6.78. The first kappa shape index (κ1) is 13.4. The zero-order valence-electron chi connectivity index (χ0n) is 11.3. The number of aromatic hydroxyl groups is 1. The first-order chi connectivity index (χ1) is 8.68. The standard InChI is InChI=1S/C15H23NO2/c1-12(14-8-3-4-9-15(14)17)16(2)11-13-7-5-6-10-18-13/h3-4,8-9,12-13,17H,5-7,10-11H2,1-2H3. The molecule has 2 atom stereocenters. The van der Waals surface area contributed by atoms with E-state index in [0.29, 0.717) is 11.9 Å². The van der Waals surface area contributed by atoms with Gasteiger partial charge in [-0.05, 0) is 39.3 Å². The van der Waals surface area contributed by atoms with E-state index >= 15 is 0 Å². The SMILES string of the molecule is CC(c1ccccc1O)N(C)CC1CCCCO1. The van der Waals surface area contributed by atoms with Crippen molar-refractivity contribution in [3.8, 4) is 5.75 Å². The van der Waals surface area contributed by atoms with Crippen molar-refractivity contribution < 1.29 is 9.84 Å². The fourth-order valence-electron chi connectivity index (χ4n) is 2.51. The minimum atomic E-state index is 0.205. The summed E-state index contributed by atoms with van der Waals surface area (Å²) in [6.45, 7) is 3.94. The molecule has 2 unspecified atom stereocenters. The minimum absolute atomic E-state index is 0.205. The molecular formula is C15H23NO2. The van der Waals surface area contributed by atoms with E-state index in [0.717, 1.165) is 25.1 Å². The third-order valence-electron chi connectivity index (χ3n) is 3.81. The van der Waals surface area contributed by atoms with Gasteiger partial charge >= 0.3 is 0 Å². The molecule has 0 saturated carbocycles. The van der Waals surface area contributed by atoms with E-state index in [-0.39, 0.29) is 6.04 Å². The minimum Gasteiger partial charge on any atom is -0.508 e. The number of likely N-dealkylation sites (N-methyl/N-ethyl adjacent to an activating group) is 1. The normalized spacial score (nSPS) is 22.1. The topological polar surface area (TPSA) is 32.7 Å². The van der Waals surface area contributed by atoms with Crippen LogP contribution in [-0.2, 0) is 4.74 Å². The molecule has 0 aliphatic carbocycles. The van der Waals surface area contributed by atoms with Gasteiger partial charge < -0.3 is 9.84 Å². The van der Waals surface area contributed by atoms with Crippen LogP contribution < -0.4 is 0 Å². The monoisotopic (exact) mass is 249 g/mol. The lowest BCUT2D eigenvalue weighted by atomic mass is 10.0. The highest BCUT2D eigenvalue weighted by Crippen LogP contribution is 2.27. The van der Waals surface area contributed by atoms with Crippen molar-refractivity contribution >= 4 is 0 Å². The lowest BCUT2D eigenvalue weighted by Crippen LogP contribution is -2.34. The van der Waals surface area contributed by atoms with Crippen molar-refractivity contribution in [3.05, 3.63) is 29.8 Å². The van der Waals surface area contributed by atoms with Crippen molar-refractivity contribution in [2.75, 3.05) is 20.2 Å². The van der Waals surface area contributed by atoms with Crippen LogP contribution in [0.4, 0.5) is 0 Å². The van der Waals surface area contributed by atoms with Crippen LogP contribution in [0.1, 0.15) is 37.8 Å². The number of phenolic OH excluding ortho intramolecular Hbond substituents is 1. The van der Waals surface area contributed by atoms with Crippen LogP contribution in [0.25, 0.3) is 0 Å². The Hall–Kier alpha value is -1.06. The third-order valence-corrected chi connectivity index (χ3v) is 3.81. The van der Waals surface area contributed by atoms with Gasteiger partial charge in [-0.3, -0.25) is 4.90 Å². The Morgan fingerprint density at radius 2 is 2.17 bits per heavy atom. The molecule has 1 aromatic rings. The Morgan fingerprint density at radius 3 is 2.83 bits per heavy atom. The second-order valence-electron chi connectivity index (χ2n) is 5.16. The van der Waals surface area contributed by atoms with Gasteiger partial charge in [-0.2, -0.15) is 0 Å². The predicted octanol–water partition coefficient (Wildman–Crippen LogP) is 2.95. The number of benzene rings is 1. The molecule has 1 saturated heterocycles. The number of hydrogen-bond donors (Lipinski definition) is 1. The molecule has 1 aliphatic rings. The van der Waals surface area contributed by atoms with Gasteiger partial charge in [0, 0.05) is 24.8 Å². The Morgan fingerprint density at radius 1 is 1.39 bits per heavy atom. The third kappa shape index (κ3) is 3.24. The number of phenols is 1. The van der Waals surface area contributed by atoms with Crippen LogP contribution in [0.3, 0.4) is 0 Å². The molecule has 3 heteroatoms. The van der Waals surface area contributed by atoms with Gasteiger partial charge in [-0.25, -0.2) is 0 Å². The number of ether oxygens (including phenoxy) is 1. The van der Waals surface area contributed by atoms with Crippen molar-refractivity contribution in [2.24, 2.45) is 0 Å². The van der Waals surface area contributed by atoms with Gasteiger partial charge in [0.05, 0.1) is 6.10 Å². The maximum absolute atomic E-state index is 9.88. The molecule has 1 fully saturated rings. The molecule has 0 amide bonds. The van der Waals surface area contributed by atoms with Gasteiger partial charge in [0.15, 0.2) is 0 Å². The van der Waals surface area contributed by atoms with Gasteiger partial charge in [0.1, 0.15) is 5.75 Å². The summed E-state index contributed by atoms with van der Waals surface area (Å²) in [4.78, 5) is 2.26. The zero-order chi connectivity index (χ0) is 13.0. The molecule has 0 aromatic heterocycles. The lowest BCUT2D eigenvalue weighted by Gasteiger charge is -2.31. The second-order valence-corrected chi connectivity index (χ2v) is 5.16. The highest BCUT2D eigenvalue weighted by molar-refractivity contribution is 5.34. The molecule has 3 nitrogen and oxygen atoms in total. The maximum Gasteiger partial charge on any atom is 0.120 e. The van der Waals surface area contributed by atoms with E-state index in [2.05, 4.69) is 18.9 Å². The quantitative estimate of drug-likeness (QED) is 0.890. The maximum atomic E-state index is 9.88. The molecule has 2 rings (SSSR count). The predicted molar refractivity (Wildman–Crippen MR) is 72.7 cm³/mol. The first-order valence-electron chi connectivity index (χ1n) is 6.78. The smallest absolute Gasteiger partial charge is 0.120 e. The summed E-state index contributed by atoms with van der Waals surface area (Å²) in [5.74, 6) is 0.376. The van der Waals surface area contributed by atoms with Crippen molar-refractivity contribution in [3.63, 3.8) is 0 Å². The molecular weight excluding hydrogens is 226 g/mol. The van der Waals surface area contributed by atoms with E-state index < -0.39 is 0 Å². The molecule has 0 bridgehead atoms. The Bertz CT molecular complexity index is 375. The largest absolute Gasteiger partial charge is 0.508 e. The molecule has 1 N–H and O–H groups in total. The Labute approximate surface area is 109 Å². The van der Waals surface area contributed by atoms with Crippen molar-refractivity contribution in [2.45, 2.75) is 38.3 Å². The van der Waals surface area contributed by atoms with E-state index in [9.17, 15) is 5.11 Å². The highest BCUT2D eigenvalue weighted by Gasteiger charge is 2.20. The Kier molecular flexibility index (Phi) is 4.61. The number of rotatable bonds is 4. The fraction of sp³-hybridized carbons (Fsp3) is 0.600.